The number of aromatic hydroxyl groups is 1. The first-order valence-corrected chi connectivity index (χ1v) is 6.06. The van der Waals surface area contributed by atoms with Crippen molar-refractivity contribution in [2.24, 2.45) is 5.73 Å². The van der Waals surface area contributed by atoms with Crippen molar-refractivity contribution in [3.63, 3.8) is 0 Å². The number of primary amides is 1. The molecule has 0 aliphatic rings. The first kappa shape index (κ1) is 14.9. The van der Waals surface area contributed by atoms with Crippen LogP contribution in [0.5, 0.6) is 5.75 Å². The molecule has 6 heteroatoms. The van der Waals surface area contributed by atoms with E-state index in [1.54, 1.807) is 0 Å². The van der Waals surface area contributed by atoms with Gasteiger partial charge in [0.1, 0.15) is 5.75 Å². The number of phenolic OH excluding ortho intramolecular Hbond substituents is 1. The van der Waals surface area contributed by atoms with E-state index in [0.717, 1.165) is 6.07 Å². The van der Waals surface area contributed by atoms with E-state index >= 15 is 0 Å². The second kappa shape index (κ2) is 5.47. The molecule has 0 bridgehead atoms. The first-order chi connectivity index (χ1) is 9.79. The Morgan fingerprint density at radius 2 is 1.76 bits per heavy atom. The van der Waals surface area contributed by atoms with Crippen molar-refractivity contribution in [3.05, 3.63) is 53.6 Å². The predicted molar refractivity (Wildman–Crippen MR) is 71.4 cm³/mol. The third-order valence-electron chi connectivity index (χ3n) is 2.96. The number of carbonyl (C=O) groups excluding carboxylic acids is 1. The molecule has 0 aromatic heterocycles. The second-order valence-corrected chi connectivity index (χ2v) is 4.54. The van der Waals surface area contributed by atoms with E-state index in [9.17, 15) is 23.1 Å². The van der Waals surface area contributed by atoms with Gasteiger partial charge < -0.3 is 10.8 Å². The van der Waals surface area contributed by atoms with Crippen molar-refractivity contribution in [2.45, 2.75) is 12.6 Å². The van der Waals surface area contributed by atoms with Gasteiger partial charge in [-0.2, -0.15) is 13.2 Å². The Bertz CT molecular complexity index is 681. The van der Waals surface area contributed by atoms with E-state index in [-0.39, 0.29) is 23.3 Å². The highest BCUT2D eigenvalue weighted by Gasteiger charge is 2.33. The largest absolute Gasteiger partial charge is 0.507 e. The van der Waals surface area contributed by atoms with Gasteiger partial charge in [0.05, 0.1) is 12.0 Å². The summed E-state index contributed by atoms with van der Waals surface area (Å²) in [5.41, 5.74) is 4.53. The van der Waals surface area contributed by atoms with E-state index in [2.05, 4.69) is 0 Å². The lowest BCUT2D eigenvalue weighted by atomic mass is 9.96. The van der Waals surface area contributed by atoms with Crippen LogP contribution in [0.15, 0.2) is 42.5 Å². The minimum atomic E-state index is -4.54. The van der Waals surface area contributed by atoms with Crippen LogP contribution in [-0.4, -0.2) is 11.0 Å². The first-order valence-electron chi connectivity index (χ1n) is 6.06. The normalized spacial score (nSPS) is 11.4. The lowest BCUT2D eigenvalue weighted by Crippen LogP contribution is -2.13. The van der Waals surface area contributed by atoms with E-state index in [0.29, 0.717) is 5.56 Å². The Morgan fingerprint density at radius 3 is 2.38 bits per heavy atom. The molecular formula is C15H12F3NO2. The van der Waals surface area contributed by atoms with Gasteiger partial charge in [-0.05, 0) is 29.3 Å². The molecule has 3 nitrogen and oxygen atoms in total. The standard InChI is InChI=1S/C15H12F3NO2/c16-15(17,18)12-4-2-1-3-10(12)11-7-9(8-14(19)21)5-6-13(11)20/h1-7,20H,8H2,(H2,19,21). The van der Waals surface area contributed by atoms with Crippen molar-refractivity contribution in [1.29, 1.82) is 0 Å². The maximum atomic E-state index is 13.0. The Labute approximate surface area is 118 Å². The fraction of sp³-hybridized carbons (Fsp3) is 0.133. The number of benzene rings is 2. The highest BCUT2D eigenvalue weighted by atomic mass is 19.4. The third-order valence-corrected chi connectivity index (χ3v) is 2.96. The summed E-state index contributed by atoms with van der Waals surface area (Å²) in [5, 5.41) is 9.83. The SMILES string of the molecule is NC(=O)Cc1ccc(O)c(-c2ccccc2C(F)(F)F)c1. The zero-order chi connectivity index (χ0) is 15.6. The van der Waals surface area contributed by atoms with E-state index in [4.69, 9.17) is 5.73 Å². The number of hydrogen-bond acceptors (Lipinski definition) is 2. The van der Waals surface area contributed by atoms with Crippen LogP contribution in [0.25, 0.3) is 11.1 Å². The minimum absolute atomic E-state index is 0.0154. The van der Waals surface area contributed by atoms with Crippen LogP contribution in [0.1, 0.15) is 11.1 Å². The second-order valence-electron chi connectivity index (χ2n) is 4.54. The van der Waals surface area contributed by atoms with Gasteiger partial charge in [-0.1, -0.05) is 24.3 Å². The van der Waals surface area contributed by atoms with Crippen molar-refractivity contribution in [1.82, 2.24) is 0 Å². The molecule has 0 unspecified atom stereocenters. The lowest BCUT2D eigenvalue weighted by molar-refractivity contribution is -0.137. The molecule has 0 saturated heterocycles. The zero-order valence-electron chi connectivity index (χ0n) is 10.8. The van der Waals surface area contributed by atoms with Gasteiger partial charge in [0.25, 0.3) is 0 Å². The summed E-state index contributed by atoms with van der Waals surface area (Å²) in [5.74, 6) is -0.893. The van der Waals surface area contributed by atoms with Crippen molar-refractivity contribution in [3.8, 4) is 16.9 Å². The smallest absolute Gasteiger partial charge is 0.417 e. The van der Waals surface area contributed by atoms with Gasteiger partial charge in [-0.25, -0.2) is 0 Å². The summed E-state index contributed by atoms with van der Waals surface area (Å²) < 4.78 is 39.1. The van der Waals surface area contributed by atoms with Gasteiger partial charge in [0.15, 0.2) is 0 Å². The summed E-state index contributed by atoms with van der Waals surface area (Å²) in [6.45, 7) is 0. The number of hydrogen-bond donors (Lipinski definition) is 2. The molecule has 21 heavy (non-hydrogen) atoms. The van der Waals surface area contributed by atoms with Crippen LogP contribution in [0, 0.1) is 0 Å². The third kappa shape index (κ3) is 3.34. The predicted octanol–water partition coefficient (Wildman–Crippen LogP) is 3.11. The maximum Gasteiger partial charge on any atom is 0.417 e. The number of alkyl halides is 3. The van der Waals surface area contributed by atoms with Gasteiger partial charge in [-0.3, -0.25) is 4.79 Å². The fourth-order valence-electron chi connectivity index (χ4n) is 2.08. The number of amides is 1. The Hall–Kier alpha value is -2.50. The average Bonchev–Trinajstić information content (AvgIpc) is 2.39. The molecule has 0 atom stereocenters. The van der Waals surface area contributed by atoms with Gasteiger partial charge in [0, 0.05) is 5.56 Å². The molecule has 0 fully saturated rings. The van der Waals surface area contributed by atoms with E-state index < -0.39 is 17.6 Å². The summed E-state index contributed by atoms with van der Waals surface area (Å²) in [4.78, 5) is 10.9. The van der Waals surface area contributed by atoms with Crippen LogP contribution in [0.4, 0.5) is 13.2 Å². The molecule has 2 aromatic rings. The molecule has 2 rings (SSSR count). The lowest BCUT2D eigenvalue weighted by Gasteiger charge is -2.14. The van der Waals surface area contributed by atoms with Crippen LogP contribution < -0.4 is 5.73 Å². The van der Waals surface area contributed by atoms with Crippen molar-refractivity contribution < 1.29 is 23.1 Å². The molecule has 0 heterocycles. The minimum Gasteiger partial charge on any atom is -0.507 e. The number of phenols is 1. The summed E-state index contributed by atoms with van der Waals surface area (Å²) in [6, 6.07) is 8.97. The Morgan fingerprint density at radius 1 is 1.10 bits per heavy atom. The highest BCUT2D eigenvalue weighted by molar-refractivity contribution is 5.79. The van der Waals surface area contributed by atoms with Gasteiger partial charge in [-0.15, -0.1) is 0 Å². The molecule has 0 aliphatic carbocycles. The Balaban J connectivity index is 2.59. The van der Waals surface area contributed by atoms with Crippen LogP contribution in [0.3, 0.4) is 0 Å². The van der Waals surface area contributed by atoms with Gasteiger partial charge >= 0.3 is 6.18 Å². The maximum absolute atomic E-state index is 13.0. The van der Waals surface area contributed by atoms with E-state index in [1.165, 1.54) is 36.4 Å². The number of nitrogens with two attached hydrogens (primary N) is 1. The van der Waals surface area contributed by atoms with Crippen LogP contribution >= 0.6 is 0 Å². The molecule has 110 valence electrons. The number of rotatable bonds is 3. The topological polar surface area (TPSA) is 63.3 Å². The van der Waals surface area contributed by atoms with E-state index in [1.807, 2.05) is 0 Å². The molecule has 1 amide bonds. The molecule has 0 radical (unpaired) electrons. The highest BCUT2D eigenvalue weighted by Crippen LogP contribution is 2.40. The molecule has 3 N–H and O–H groups in total. The average molecular weight is 295 g/mol. The zero-order valence-corrected chi connectivity index (χ0v) is 10.8. The van der Waals surface area contributed by atoms with Crippen LogP contribution in [0.2, 0.25) is 0 Å². The Kier molecular flexibility index (Phi) is 3.88. The summed E-state index contributed by atoms with van der Waals surface area (Å²) >= 11 is 0. The number of carbonyl (C=O) groups is 1. The molecular weight excluding hydrogens is 283 g/mol. The van der Waals surface area contributed by atoms with Crippen LogP contribution in [-0.2, 0) is 17.4 Å². The fourth-order valence-corrected chi connectivity index (χ4v) is 2.08. The van der Waals surface area contributed by atoms with Crippen molar-refractivity contribution in [2.75, 3.05) is 0 Å². The van der Waals surface area contributed by atoms with Crippen molar-refractivity contribution >= 4 is 5.91 Å². The molecule has 0 aliphatic heterocycles. The summed E-state index contributed by atoms with van der Waals surface area (Å²) in [6.07, 6.45) is -4.65. The monoisotopic (exact) mass is 295 g/mol. The summed E-state index contributed by atoms with van der Waals surface area (Å²) in [7, 11) is 0. The molecule has 0 saturated carbocycles. The molecule has 2 aromatic carbocycles. The van der Waals surface area contributed by atoms with Gasteiger partial charge in [0.2, 0.25) is 5.91 Å². The number of halogens is 3. The quantitative estimate of drug-likeness (QED) is 0.914. The molecule has 0 spiro atoms.